The maximum atomic E-state index is 13.1. The number of benzene rings is 1. The van der Waals surface area contributed by atoms with Gasteiger partial charge in [-0.05, 0) is 66.3 Å². The van der Waals surface area contributed by atoms with Crippen LogP contribution in [-0.2, 0) is 10.0 Å². The zero-order valence-corrected chi connectivity index (χ0v) is 16.7. The van der Waals surface area contributed by atoms with Crippen LogP contribution in [0.3, 0.4) is 0 Å². The normalized spacial score (nSPS) is 20.0. The SMILES string of the molecule is COc1ccc(C(=O)N2CCCC2c2ccsc2)cc1S(=O)(=O)NC1CC1. The molecule has 1 atom stereocenters. The molecule has 0 spiro atoms. The van der Waals surface area contributed by atoms with Gasteiger partial charge in [-0.15, -0.1) is 0 Å². The summed E-state index contributed by atoms with van der Waals surface area (Å²) in [5, 5.41) is 4.08. The number of thiophene rings is 1. The van der Waals surface area contributed by atoms with Gasteiger partial charge in [0.2, 0.25) is 10.0 Å². The molecule has 4 rings (SSSR count). The molecule has 27 heavy (non-hydrogen) atoms. The van der Waals surface area contributed by atoms with Gasteiger partial charge in [0.25, 0.3) is 5.91 Å². The van der Waals surface area contributed by atoms with Gasteiger partial charge in [-0.1, -0.05) is 0 Å². The number of nitrogens with zero attached hydrogens (tertiary/aromatic N) is 1. The summed E-state index contributed by atoms with van der Waals surface area (Å²) in [4.78, 5) is 15.0. The van der Waals surface area contributed by atoms with E-state index in [1.807, 2.05) is 16.3 Å². The second kappa shape index (κ2) is 7.26. The smallest absolute Gasteiger partial charge is 0.254 e. The summed E-state index contributed by atoms with van der Waals surface area (Å²) >= 11 is 1.62. The van der Waals surface area contributed by atoms with Crippen LogP contribution in [0.4, 0.5) is 0 Å². The average Bonchev–Trinajstić information content (AvgIpc) is 3.14. The monoisotopic (exact) mass is 406 g/mol. The van der Waals surface area contributed by atoms with Crippen LogP contribution in [-0.4, -0.2) is 38.9 Å². The van der Waals surface area contributed by atoms with Crippen LogP contribution in [0.2, 0.25) is 0 Å². The molecule has 1 amide bonds. The Hall–Kier alpha value is -1.90. The van der Waals surface area contributed by atoms with E-state index < -0.39 is 10.0 Å². The Morgan fingerprint density at radius 3 is 2.74 bits per heavy atom. The Bertz CT molecular complexity index is 937. The molecule has 144 valence electrons. The maximum absolute atomic E-state index is 13.1. The van der Waals surface area contributed by atoms with Crippen molar-refractivity contribution < 1.29 is 17.9 Å². The van der Waals surface area contributed by atoms with Crippen molar-refractivity contribution in [2.75, 3.05) is 13.7 Å². The maximum Gasteiger partial charge on any atom is 0.254 e. The molecule has 2 heterocycles. The van der Waals surface area contributed by atoms with Crippen molar-refractivity contribution in [1.82, 2.24) is 9.62 Å². The van der Waals surface area contributed by atoms with E-state index in [1.165, 1.54) is 13.2 Å². The summed E-state index contributed by atoms with van der Waals surface area (Å²) in [7, 11) is -2.29. The first-order valence-electron chi connectivity index (χ1n) is 9.03. The molecule has 1 saturated carbocycles. The van der Waals surface area contributed by atoms with Crippen LogP contribution < -0.4 is 9.46 Å². The minimum absolute atomic E-state index is 0.0133. The Balaban J connectivity index is 1.65. The molecular weight excluding hydrogens is 384 g/mol. The van der Waals surface area contributed by atoms with Gasteiger partial charge in [-0.3, -0.25) is 4.79 Å². The molecular formula is C19H22N2O4S2. The first-order valence-corrected chi connectivity index (χ1v) is 11.5. The summed E-state index contributed by atoms with van der Waals surface area (Å²) in [6, 6.07) is 6.72. The second-order valence-corrected chi connectivity index (χ2v) is 9.44. The molecule has 2 aromatic rings. The number of likely N-dealkylation sites (tertiary alicyclic amines) is 1. The quantitative estimate of drug-likeness (QED) is 0.799. The number of carbonyl (C=O) groups excluding carboxylic acids is 1. The third-order valence-electron chi connectivity index (χ3n) is 5.04. The summed E-state index contributed by atoms with van der Waals surface area (Å²) in [6.45, 7) is 0.674. The fraction of sp³-hybridized carbons (Fsp3) is 0.421. The topological polar surface area (TPSA) is 75.7 Å². The number of hydrogen-bond donors (Lipinski definition) is 1. The summed E-state index contributed by atoms with van der Waals surface area (Å²) in [6.07, 6.45) is 3.55. The van der Waals surface area contributed by atoms with E-state index in [2.05, 4.69) is 10.1 Å². The molecule has 0 bridgehead atoms. The molecule has 0 radical (unpaired) electrons. The van der Waals surface area contributed by atoms with Gasteiger partial charge < -0.3 is 9.64 Å². The van der Waals surface area contributed by atoms with E-state index in [0.29, 0.717) is 12.1 Å². The zero-order valence-electron chi connectivity index (χ0n) is 15.1. The summed E-state index contributed by atoms with van der Waals surface area (Å²) in [5.74, 6) is 0.102. The molecule has 1 aromatic carbocycles. The fourth-order valence-electron chi connectivity index (χ4n) is 3.49. The molecule has 1 aliphatic heterocycles. The van der Waals surface area contributed by atoms with E-state index in [-0.39, 0.29) is 28.6 Å². The van der Waals surface area contributed by atoms with Crippen molar-refractivity contribution in [3.05, 3.63) is 46.2 Å². The minimum atomic E-state index is -3.72. The lowest BCUT2D eigenvalue weighted by atomic mass is 10.1. The number of rotatable bonds is 6. The van der Waals surface area contributed by atoms with E-state index in [4.69, 9.17) is 4.74 Å². The van der Waals surface area contributed by atoms with Gasteiger partial charge in [-0.2, -0.15) is 11.3 Å². The minimum Gasteiger partial charge on any atom is -0.495 e. The molecule has 1 aromatic heterocycles. The van der Waals surface area contributed by atoms with Gasteiger partial charge >= 0.3 is 0 Å². The van der Waals surface area contributed by atoms with Gasteiger partial charge in [0.05, 0.1) is 13.2 Å². The molecule has 6 nitrogen and oxygen atoms in total. The predicted octanol–water partition coefficient (Wildman–Crippen LogP) is 3.17. The molecule has 1 unspecified atom stereocenters. The van der Waals surface area contributed by atoms with Crippen LogP contribution >= 0.6 is 11.3 Å². The van der Waals surface area contributed by atoms with Crippen LogP contribution in [0.15, 0.2) is 39.9 Å². The second-order valence-electron chi connectivity index (χ2n) is 6.97. The van der Waals surface area contributed by atoms with Crippen molar-refractivity contribution >= 4 is 27.3 Å². The lowest BCUT2D eigenvalue weighted by Crippen LogP contribution is -2.31. The van der Waals surface area contributed by atoms with E-state index in [1.54, 1.807) is 23.5 Å². The number of methoxy groups -OCH3 is 1. The average molecular weight is 407 g/mol. The van der Waals surface area contributed by atoms with Gasteiger partial charge in [0.1, 0.15) is 10.6 Å². The highest BCUT2D eigenvalue weighted by Gasteiger charge is 2.33. The lowest BCUT2D eigenvalue weighted by Gasteiger charge is -2.24. The van der Waals surface area contributed by atoms with Gasteiger partial charge in [-0.25, -0.2) is 13.1 Å². The Labute approximate surface area is 163 Å². The highest BCUT2D eigenvalue weighted by Crippen LogP contribution is 2.35. The Kier molecular flexibility index (Phi) is 4.96. The van der Waals surface area contributed by atoms with Crippen molar-refractivity contribution in [3.8, 4) is 5.75 Å². The van der Waals surface area contributed by atoms with Crippen LogP contribution in [0.25, 0.3) is 0 Å². The molecule has 1 aliphatic carbocycles. The Morgan fingerprint density at radius 2 is 2.07 bits per heavy atom. The van der Waals surface area contributed by atoms with Crippen molar-refractivity contribution in [3.63, 3.8) is 0 Å². The van der Waals surface area contributed by atoms with Crippen LogP contribution in [0, 0.1) is 0 Å². The van der Waals surface area contributed by atoms with E-state index in [0.717, 1.165) is 31.2 Å². The fourth-order valence-corrected chi connectivity index (χ4v) is 5.70. The van der Waals surface area contributed by atoms with Crippen LogP contribution in [0.1, 0.15) is 47.6 Å². The molecule has 8 heteroatoms. The first-order chi connectivity index (χ1) is 13.0. The zero-order chi connectivity index (χ0) is 19.0. The first kappa shape index (κ1) is 18.5. The van der Waals surface area contributed by atoms with Crippen molar-refractivity contribution in [2.45, 2.75) is 42.7 Å². The van der Waals surface area contributed by atoms with Crippen molar-refractivity contribution in [1.29, 1.82) is 0 Å². The summed E-state index contributed by atoms with van der Waals surface area (Å²) in [5.41, 5.74) is 1.51. The van der Waals surface area contributed by atoms with Gasteiger partial charge in [0, 0.05) is 18.2 Å². The van der Waals surface area contributed by atoms with Crippen LogP contribution in [0.5, 0.6) is 5.75 Å². The number of sulfonamides is 1. The standard InChI is InChI=1S/C19H22N2O4S2/c1-25-17-7-4-13(11-18(17)27(23,24)20-15-5-6-15)19(22)21-9-2-3-16(21)14-8-10-26-12-14/h4,7-8,10-12,15-16,20H,2-3,5-6,9H2,1H3. The van der Waals surface area contributed by atoms with Gasteiger partial charge in [0.15, 0.2) is 0 Å². The Morgan fingerprint density at radius 1 is 1.26 bits per heavy atom. The number of nitrogens with one attached hydrogen (secondary N) is 1. The molecule has 1 N–H and O–H groups in total. The number of amides is 1. The molecule has 2 fully saturated rings. The lowest BCUT2D eigenvalue weighted by molar-refractivity contribution is 0.0735. The number of hydrogen-bond acceptors (Lipinski definition) is 5. The highest BCUT2D eigenvalue weighted by atomic mass is 32.2. The third kappa shape index (κ3) is 3.74. The third-order valence-corrected chi connectivity index (χ3v) is 7.28. The summed E-state index contributed by atoms with van der Waals surface area (Å²) < 4.78 is 33.3. The number of ether oxygens (including phenoxy) is 1. The van der Waals surface area contributed by atoms with E-state index in [9.17, 15) is 13.2 Å². The van der Waals surface area contributed by atoms with E-state index >= 15 is 0 Å². The highest BCUT2D eigenvalue weighted by molar-refractivity contribution is 7.89. The number of carbonyl (C=O) groups is 1. The van der Waals surface area contributed by atoms with Crippen molar-refractivity contribution in [2.24, 2.45) is 0 Å². The molecule has 1 saturated heterocycles. The molecule has 2 aliphatic rings. The predicted molar refractivity (Wildman–Crippen MR) is 104 cm³/mol. The largest absolute Gasteiger partial charge is 0.495 e.